The summed E-state index contributed by atoms with van der Waals surface area (Å²) in [6, 6.07) is 11.9. The first kappa shape index (κ1) is 89.8. The molecular weight excluding hydrogens is 1490 g/mol. The van der Waals surface area contributed by atoms with Crippen molar-refractivity contribution in [1.29, 1.82) is 0 Å². The maximum absolute atomic E-state index is 13.8. The highest BCUT2D eigenvalue weighted by Crippen LogP contribution is 2.27. The lowest BCUT2D eigenvalue weighted by Crippen LogP contribution is -2.56. The fourth-order valence-electron chi connectivity index (χ4n) is 12.9. The van der Waals surface area contributed by atoms with Crippen LogP contribution in [0.2, 0.25) is 0 Å². The van der Waals surface area contributed by atoms with Gasteiger partial charge in [-0.05, 0) is 84.2 Å². The predicted octanol–water partition coefficient (Wildman–Crippen LogP) is 0.660. The molecule has 1 unspecified atom stereocenters. The number of ether oxygens (including phenoxy) is 3. The average Bonchev–Trinajstić information content (AvgIpc) is 1.57. The van der Waals surface area contributed by atoms with Gasteiger partial charge >= 0.3 is 30.1 Å². The first-order valence-corrected chi connectivity index (χ1v) is 36.1. The molecule has 3 fully saturated rings. The molecule has 8 rings (SSSR count). The minimum atomic E-state index is -1.31. The van der Waals surface area contributed by atoms with Crippen molar-refractivity contribution in [2.75, 3.05) is 41.0 Å². The van der Waals surface area contributed by atoms with Gasteiger partial charge in [0, 0.05) is 61.3 Å². The Morgan fingerprint density at radius 1 is 0.439 bits per heavy atom. The van der Waals surface area contributed by atoms with Gasteiger partial charge in [-0.25, -0.2) is 9.59 Å². The van der Waals surface area contributed by atoms with Crippen molar-refractivity contribution in [3.05, 3.63) is 114 Å². The number of carbonyl (C=O) groups is 18. The van der Waals surface area contributed by atoms with E-state index in [0.29, 0.717) is 40.9 Å². The Hall–Kier alpha value is -13.1. The van der Waals surface area contributed by atoms with Gasteiger partial charge in [0.05, 0.1) is 70.8 Å². The van der Waals surface area contributed by atoms with E-state index in [1.54, 1.807) is 102 Å². The van der Waals surface area contributed by atoms with Crippen molar-refractivity contribution in [3.63, 3.8) is 0 Å². The van der Waals surface area contributed by atoms with E-state index in [1.165, 1.54) is 55.3 Å². The van der Waals surface area contributed by atoms with Gasteiger partial charge in [0.15, 0.2) is 0 Å². The molecule has 0 bridgehead atoms. The van der Waals surface area contributed by atoms with Gasteiger partial charge in [-0.1, -0.05) is 90.1 Å². The highest BCUT2D eigenvalue weighted by Gasteiger charge is 2.47. The van der Waals surface area contributed by atoms with Gasteiger partial charge in [0.2, 0.25) is 41.4 Å². The van der Waals surface area contributed by atoms with Gasteiger partial charge in [0.25, 0.3) is 17.7 Å². The molecule has 3 saturated heterocycles. The molecular formula is C76H94N14O24. The number of benzene rings is 3. The van der Waals surface area contributed by atoms with Crippen LogP contribution in [0, 0.1) is 17.8 Å². The van der Waals surface area contributed by atoms with Crippen LogP contribution >= 0.6 is 0 Å². The predicted molar refractivity (Wildman–Crippen MR) is 402 cm³/mol. The lowest BCUT2D eigenvalue weighted by Gasteiger charge is -2.30. The Morgan fingerprint density at radius 2 is 0.754 bits per heavy atom. The number of amides is 12. The van der Waals surface area contributed by atoms with E-state index < -0.39 is 181 Å². The molecule has 38 nitrogen and oxygen atoms in total. The average molecular weight is 1590 g/mol. The number of alkyl carbamates (subject to hydrolysis) is 2. The fourth-order valence-corrected chi connectivity index (χ4v) is 12.9. The van der Waals surface area contributed by atoms with Crippen molar-refractivity contribution < 1.29 is 116 Å². The molecule has 12 N–H and O–H groups in total. The number of nitrogens with zero attached hydrogens (tertiary/aromatic N) is 5. The minimum Gasteiger partial charge on any atom is -0.497 e. The zero-order chi connectivity index (χ0) is 84.4. The van der Waals surface area contributed by atoms with E-state index in [1.807, 2.05) is 24.3 Å². The maximum Gasteiger partial charge on any atom is 0.407 e. The Morgan fingerprint density at radius 3 is 1.04 bits per heavy atom. The second-order valence-electron chi connectivity index (χ2n) is 27.9. The highest BCUT2D eigenvalue weighted by molar-refractivity contribution is 6.08. The van der Waals surface area contributed by atoms with Crippen molar-refractivity contribution >= 4 is 130 Å². The fraction of sp³-hybridized carbons (Fsp3) is 0.447. The molecule has 0 spiro atoms. The van der Waals surface area contributed by atoms with Crippen LogP contribution in [-0.4, -0.2) is 261 Å². The SMILES string of the molecule is CC(=O)N[C@@H]1C[C@@H](C(=O)N[C@H](C=O)CC(=O)O)N(C(=O)[C@@H](NC(=O)c2nccc3ccccc23)C(C)C)C1.COC(=O)N[C@@H]1C[C@@H](C(=O)N[C@H](C=O)CC(=O)O)N(C(=O)C(NC(=O)c2nccc3ccccc23)C(C)C)C1.COC(=O)N[C@@H]1C[C@@H](C(=O)N[C@H](C=O)CC(=O)O)N(C(=O)[C@@H](NC(=O)c2ccc(OC)cc2)C(C)C)C1. The van der Waals surface area contributed by atoms with E-state index in [-0.39, 0.29) is 68.0 Å². The molecule has 38 heteroatoms. The number of pyridine rings is 2. The molecule has 2 aromatic heterocycles. The number of aliphatic carboxylic acids is 3. The van der Waals surface area contributed by atoms with Crippen LogP contribution in [0.15, 0.2) is 97.3 Å². The summed E-state index contributed by atoms with van der Waals surface area (Å²) < 4.78 is 14.3. The van der Waals surface area contributed by atoms with Crippen molar-refractivity contribution in [2.45, 2.75) is 159 Å². The molecule has 3 aliphatic heterocycles. The molecule has 5 heterocycles. The lowest BCUT2D eigenvalue weighted by molar-refractivity contribution is -0.142. The number of methoxy groups -OCH3 is 3. The van der Waals surface area contributed by atoms with Gasteiger partial charge in [-0.3, -0.25) is 72.3 Å². The van der Waals surface area contributed by atoms with Crippen LogP contribution in [0.25, 0.3) is 21.5 Å². The van der Waals surface area contributed by atoms with Crippen molar-refractivity contribution in [2.24, 2.45) is 17.8 Å². The number of aldehydes is 3. The number of carbonyl (C=O) groups excluding carboxylic acids is 15. The second-order valence-corrected chi connectivity index (χ2v) is 27.9. The van der Waals surface area contributed by atoms with Crippen LogP contribution in [0.5, 0.6) is 5.75 Å². The lowest BCUT2D eigenvalue weighted by atomic mass is 10.0. The van der Waals surface area contributed by atoms with E-state index in [4.69, 9.17) is 20.1 Å². The summed E-state index contributed by atoms with van der Waals surface area (Å²) >= 11 is 0. The Balaban J connectivity index is 0.000000266. The summed E-state index contributed by atoms with van der Waals surface area (Å²) in [5.41, 5.74) is 0.577. The topological polar surface area (TPSA) is 539 Å². The van der Waals surface area contributed by atoms with E-state index in [2.05, 4.69) is 67.3 Å². The molecule has 0 aliphatic carbocycles. The molecule has 12 atom stereocenters. The normalized spacial score (nSPS) is 18.3. The summed E-state index contributed by atoms with van der Waals surface area (Å²) in [7, 11) is 3.83. The smallest absolute Gasteiger partial charge is 0.407 e. The number of carboxylic acids is 3. The molecule has 612 valence electrons. The Kier molecular flexibility index (Phi) is 33.4. The third kappa shape index (κ3) is 25.0. The Bertz CT molecular complexity index is 4380. The maximum atomic E-state index is 13.8. The van der Waals surface area contributed by atoms with Crippen LogP contribution < -0.4 is 52.6 Å². The zero-order valence-electron chi connectivity index (χ0n) is 64.1. The molecule has 114 heavy (non-hydrogen) atoms. The van der Waals surface area contributed by atoms with Gasteiger partial charge < -0.3 is 106 Å². The number of aromatic nitrogens is 2. The number of likely N-dealkylation sites (tertiary alicyclic amines) is 3. The van der Waals surface area contributed by atoms with E-state index in [0.717, 1.165) is 10.8 Å². The van der Waals surface area contributed by atoms with Crippen LogP contribution in [0.3, 0.4) is 0 Å². The number of rotatable bonds is 31. The minimum absolute atomic E-state index is 0.00715. The summed E-state index contributed by atoms with van der Waals surface area (Å²) in [4.78, 5) is 234. The number of hydrogen-bond acceptors (Lipinski definition) is 23. The quantitative estimate of drug-likeness (QED) is 0.0271. The van der Waals surface area contributed by atoms with E-state index >= 15 is 0 Å². The standard InChI is InChI=1S/C26H31N5O8.C26H31N5O7.C24H32N4O9/c1-14(2)21(30-24(36)22-18-7-5-4-6-15(18)8-9-27-22)25(37)31-12-16(29-26(38)39-3)10-19(31)23(35)28-17(13-32)11-20(33)34;1-14(2)22(30-25(37)23-19-7-5-4-6-16(19)8-9-27-23)26(38)31-12-17(28-15(3)33)10-20(31)24(36)29-18(13-32)11-21(34)35;1-13(2)20(27-21(32)14-5-7-17(36-3)8-6-14)23(34)28-11-15(26-24(35)37-4)9-18(28)22(33)25-16(12-29)10-19(30)31/h4-9,13-14,16-17,19,21H,10-12H2,1-3H3,(H,28,35)(H,29,38)(H,30,36)(H,33,34);4-9,13-14,17-18,20,22H,10-12H2,1-3H3,(H,28,33)(H,29,36)(H,30,37)(H,34,35);5-8,12-13,15-16,18,20H,9-11H2,1-4H3,(H,25,33)(H,26,35)(H,27,32)(H,30,31)/t16-,17+,19+,21?;17-,18+,20+,22+;15-,16+,18+,20+/m111/s1. The van der Waals surface area contributed by atoms with Gasteiger partial charge in [-0.2, -0.15) is 0 Å². The highest BCUT2D eigenvalue weighted by atomic mass is 16.5. The molecule has 3 aliphatic rings. The number of nitrogens with one attached hydrogen (secondary N) is 9. The van der Waals surface area contributed by atoms with Crippen molar-refractivity contribution in [3.8, 4) is 5.75 Å². The molecule has 0 saturated carbocycles. The molecule has 5 aromatic rings. The van der Waals surface area contributed by atoms with Crippen molar-refractivity contribution in [1.82, 2.24) is 72.5 Å². The van der Waals surface area contributed by atoms with Gasteiger partial charge in [-0.15, -0.1) is 0 Å². The third-order valence-electron chi connectivity index (χ3n) is 18.5. The molecule has 0 radical (unpaired) electrons. The number of fused-ring (bicyclic) bond motifs is 2. The van der Waals surface area contributed by atoms with Crippen LogP contribution in [0.1, 0.15) is 118 Å². The first-order chi connectivity index (χ1) is 54.1. The van der Waals surface area contributed by atoms with Crippen LogP contribution in [0.4, 0.5) is 9.59 Å². The molecule has 3 aromatic carbocycles. The summed E-state index contributed by atoms with van der Waals surface area (Å²) in [5, 5.41) is 52.8. The second kappa shape index (κ2) is 42.4. The number of hydrogen-bond donors (Lipinski definition) is 12. The number of carboxylic acid groups (broad SMARTS) is 3. The molecule has 12 amide bonds. The van der Waals surface area contributed by atoms with Crippen LogP contribution in [-0.2, 0) is 71.8 Å². The largest absolute Gasteiger partial charge is 0.497 e. The Labute approximate surface area is 653 Å². The van der Waals surface area contributed by atoms with Gasteiger partial charge in [0.1, 0.15) is 72.2 Å². The summed E-state index contributed by atoms with van der Waals surface area (Å²) in [6.07, 6.45) is 0.516. The first-order valence-electron chi connectivity index (χ1n) is 36.1. The monoisotopic (exact) mass is 1590 g/mol. The summed E-state index contributed by atoms with van der Waals surface area (Å²) in [5.74, 6) is -10.4. The van der Waals surface area contributed by atoms with E-state index in [9.17, 15) is 86.3 Å². The third-order valence-corrected chi connectivity index (χ3v) is 18.5. The zero-order valence-corrected chi connectivity index (χ0v) is 64.1. The summed E-state index contributed by atoms with van der Waals surface area (Å²) in [6.45, 7) is 11.5.